The third kappa shape index (κ3) is 5.60. The highest BCUT2D eigenvalue weighted by Gasteiger charge is 2.21. The first-order valence-electron chi connectivity index (χ1n) is 8.02. The first kappa shape index (κ1) is 18.9. The lowest BCUT2D eigenvalue weighted by Crippen LogP contribution is -2.44. The van der Waals surface area contributed by atoms with Crippen molar-refractivity contribution in [1.29, 1.82) is 0 Å². The Kier molecular flexibility index (Phi) is 6.80. The van der Waals surface area contributed by atoms with Crippen molar-refractivity contribution in [2.75, 3.05) is 20.1 Å². The fourth-order valence-electron chi connectivity index (χ4n) is 2.37. The first-order valence-corrected chi connectivity index (χ1v) is 9.69. The molecule has 1 aromatic heterocycles. The van der Waals surface area contributed by atoms with Crippen LogP contribution in [0.2, 0.25) is 0 Å². The molecule has 0 amide bonds. The Hall–Kier alpha value is -1.40. The zero-order valence-electron chi connectivity index (χ0n) is 14.7. The summed E-state index contributed by atoms with van der Waals surface area (Å²) >= 11 is 5.24. The van der Waals surface area contributed by atoms with Gasteiger partial charge in [-0.1, -0.05) is 41.9 Å². The van der Waals surface area contributed by atoms with Gasteiger partial charge in [0, 0.05) is 41.8 Å². The smallest absolute Gasteiger partial charge is 0.191 e. The summed E-state index contributed by atoms with van der Waals surface area (Å²) in [6.07, 6.45) is 0.903. The fraction of sp³-hybridized carbons (Fsp3) is 0.444. The van der Waals surface area contributed by atoms with E-state index in [2.05, 4.69) is 74.0 Å². The zero-order chi connectivity index (χ0) is 17.6. The summed E-state index contributed by atoms with van der Waals surface area (Å²) in [7, 11) is 1.80. The number of rotatable bonds is 6. The van der Waals surface area contributed by atoms with E-state index in [0.29, 0.717) is 0 Å². The van der Waals surface area contributed by atoms with Crippen LogP contribution in [0.3, 0.4) is 0 Å². The lowest BCUT2D eigenvalue weighted by atomic mass is 9.85. The number of thiazole rings is 1. The van der Waals surface area contributed by atoms with Crippen LogP contribution in [0.4, 0.5) is 0 Å². The maximum atomic E-state index is 4.48. The van der Waals surface area contributed by atoms with E-state index < -0.39 is 0 Å². The number of nitrogens with zero attached hydrogens (tertiary/aromatic N) is 2. The van der Waals surface area contributed by atoms with Crippen LogP contribution in [-0.2, 0) is 11.8 Å². The average Bonchev–Trinajstić information content (AvgIpc) is 2.96. The molecule has 0 radical (unpaired) electrons. The highest BCUT2D eigenvalue weighted by Crippen LogP contribution is 2.24. The molecule has 0 fully saturated rings. The molecular formula is C18H25BrN4S. The molecule has 0 atom stereocenters. The molecule has 1 heterocycles. The van der Waals surface area contributed by atoms with Crippen molar-refractivity contribution in [2.24, 2.45) is 4.99 Å². The number of benzene rings is 1. The summed E-state index contributed by atoms with van der Waals surface area (Å²) in [5.74, 6) is 0.824. The van der Waals surface area contributed by atoms with Gasteiger partial charge in [-0.15, -0.1) is 11.3 Å². The number of aryl methyl sites for hydroxylation is 1. The minimum absolute atomic E-state index is 0.00737. The zero-order valence-corrected chi connectivity index (χ0v) is 17.1. The fourth-order valence-corrected chi connectivity index (χ4v) is 3.42. The Balaban J connectivity index is 1.84. The van der Waals surface area contributed by atoms with E-state index in [9.17, 15) is 0 Å². The van der Waals surface area contributed by atoms with E-state index in [1.807, 2.05) is 13.0 Å². The number of aromatic nitrogens is 1. The van der Waals surface area contributed by atoms with Gasteiger partial charge in [-0.2, -0.15) is 0 Å². The third-order valence-corrected chi connectivity index (χ3v) is 5.18. The highest BCUT2D eigenvalue weighted by molar-refractivity contribution is 9.10. The third-order valence-electron chi connectivity index (χ3n) is 3.87. The summed E-state index contributed by atoms with van der Waals surface area (Å²) in [6.45, 7) is 8.12. The topological polar surface area (TPSA) is 49.3 Å². The van der Waals surface area contributed by atoms with Crippen LogP contribution in [0.15, 0.2) is 39.1 Å². The summed E-state index contributed by atoms with van der Waals surface area (Å²) in [6, 6.07) is 8.45. The van der Waals surface area contributed by atoms with Crippen molar-refractivity contribution in [2.45, 2.75) is 32.6 Å². The second-order valence-corrected chi connectivity index (χ2v) is 8.33. The molecule has 0 saturated carbocycles. The molecule has 0 aliphatic heterocycles. The van der Waals surface area contributed by atoms with Gasteiger partial charge in [-0.3, -0.25) is 4.99 Å². The van der Waals surface area contributed by atoms with Crippen molar-refractivity contribution in [3.8, 4) is 0 Å². The van der Waals surface area contributed by atoms with Crippen molar-refractivity contribution < 1.29 is 0 Å². The predicted molar refractivity (Wildman–Crippen MR) is 107 cm³/mol. The molecule has 2 rings (SSSR count). The van der Waals surface area contributed by atoms with Gasteiger partial charge in [0.15, 0.2) is 5.96 Å². The van der Waals surface area contributed by atoms with Gasteiger partial charge in [0.25, 0.3) is 0 Å². The normalized spacial score (nSPS) is 12.3. The van der Waals surface area contributed by atoms with Crippen LogP contribution in [0.1, 0.15) is 30.1 Å². The summed E-state index contributed by atoms with van der Waals surface area (Å²) in [4.78, 5) is 8.79. The van der Waals surface area contributed by atoms with Crippen LogP contribution in [0.5, 0.6) is 0 Å². The maximum Gasteiger partial charge on any atom is 0.191 e. The Morgan fingerprint density at radius 3 is 2.75 bits per heavy atom. The van der Waals surface area contributed by atoms with E-state index in [1.165, 1.54) is 5.56 Å². The van der Waals surface area contributed by atoms with Gasteiger partial charge in [-0.25, -0.2) is 4.98 Å². The van der Waals surface area contributed by atoms with Gasteiger partial charge in [0.2, 0.25) is 0 Å². The number of halogens is 1. The van der Waals surface area contributed by atoms with E-state index >= 15 is 0 Å². The molecule has 2 N–H and O–H groups in total. The van der Waals surface area contributed by atoms with E-state index in [4.69, 9.17) is 0 Å². The Morgan fingerprint density at radius 1 is 1.33 bits per heavy atom. The van der Waals surface area contributed by atoms with Crippen LogP contribution in [0.25, 0.3) is 0 Å². The standard InChI is InChI=1S/C18H25BrN4S/c1-13-23-16(11-24-13)8-9-21-17(20-4)22-12-18(2,3)14-6-5-7-15(19)10-14/h5-7,10-11H,8-9,12H2,1-4H3,(H2,20,21,22). The molecule has 6 heteroatoms. The quantitative estimate of drug-likeness (QED) is 0.562. The van der Waals surface area contributed by atoms with Crippen molar-refractivity contribution in [3.63, 3.8) is 0 Å². The highest BCUT2D eigenvalue weighted by atomic mass is 79.9. The second kappa shape index (κ2) is 8.62. The molecule has 0 unspecified atom stereocenters. The number of hydrogen-bond acceptors (Lipinski definition) is 3. The first-order chi connectivity index (χ1) is 11.4. The molecule has 0 bridgehead atoms. The van der Waals surface area contributed by atoms with Crippen molar-refractivity contribution in [1.82, 2.24) is 15.6 Å². The van der Waals surface area contributed by atoms with Crippen LogP contribution < -0.4 is 10.6 Å². The molecule has 4 nitrogen and oxygen atoms in total. The molecule has 24 heavy (non-hydrogen) atoms. The maximum absolute atomic E-state index is 4.48. The Labute approximate surface area is 156 Å². The van der Waals surface area contributed by atoms with Crippen LogP contribution in [-0.4, -0.2) is 31.1 Å². The monoisotopic (exact) mass is 408 g/mol. The van der Waals surface area contributed by atoms with Crippen molar-refractivity contribution >= 4 is 33.2 Å². The van der Waals surface area contributed by atoms with Gasteiger partial charge < -0.3 is 10.6 Å². The minimum atomic E-state index is 0.00737. The SMILES string of the molecule is CN=C(NCCc1csc(C)n1)NCC(C)(C)c1cccc(Br)c1. The number of hydrogen-bond donors (Lipinski definition) is 2. The number of nitrogens with one attached hydrogen (secondary N) is 2. The molecular weight excluding hydrogens is 384 g/mol. The summed E-state index contributed by atoms with van der Waals surface area (Å²) in [5.41, 5.74) is 2.43. The summed E-state index contributed by atoms with van der Waals surface area (Å²) < 4.78 is 1.11. The number of guanidine groups is 1. The van der Waals surface area contributed by atoms with E-state index in [1.54, 1.807) is 18.4 Å². The Bertz CT molecular complexity index is 694. The summed E-state index contributed by atoms with van der Waals surface area (Å²) in [5, 5.41) is 10.0. The average molecular weight is 409 g/mol. The van der Waals surface area contributed by atoms with Gasteiger partial charge in [0.1, 0.15) is 0 Å². The largest absolute Gasteiger partial charge is 0.356 e. The Morgan fingerprint density at radius 2 is 2.12 bits per heavy atom. The molecule has 2 aromatic rings. The van der Waals surface area contributed by atoms with Gasteiger partial charge in [0.05, 0.1) is 10.7 Å². The van der Waals surface area contributed by atoms with Gasteiger partial charge >= 0.3 is 0 Å². The minimum Gasteiger partial charge on any atom is -0.356 e. The molecule has 0 aliphatic rings. The van der Waals surface area contributed by atoms with Crippen LogP contribution >= 0.6 is 27.3 Å². The lowest BCUT2D eigenvalue weighted by Gasteiger charge is -2.27. The predicted octanol–water partition coefficient (Wildman–Crippen LogP) is 3.90. The van der Waals surface area contributed by atoms with Crippen LogP contribution in [0, 0.1) is 6.92 Å². The number of aliphatic imine (C=N–C) groups is 1. The van der Waals surface area contributed by atoms with E-state index in [-0.39, 0.29) is 5.41 Å². The molecule has 1 aromatic carbocycles. The molecule has 0 spiro atoms. The lowest BCUT2D eigenvalue weighted by molar-refractivity contribution is 0.508. The molecule has 0 saturated heterocycles. The van der Waals surface area contributed by atoms with E-state index in [0.717, 1.165) is 40.6 Å². The molecule has 0 aliphatic carbocycles. The second-order valence-electron chi connectivity index (χ2n) is 6.35. The molecule has 130 valence electrons. The van der Waals surface area contributed by atoms with Crippen molar-refractivity contribution in [3.05, 3.63) is 50.4 Å². The van der Waals surface area contributed by atoms with Gasteiger partial charge in [-0.05, 0) is 24.6 Å².